The summed E-state index contributed by atoms with van der Waals surface area (Å²) < 4.78 is 2.02. The van der Waals surface area contributed by atoms with E-state index in [1.54, 1.807) is 0 Å². The van der Waals surface area contributed by atoms with Gasteiger partial charge in [-0.1, -0.05) is 107 Å². The molecule has 0 saturated carbocycles. The van der Waals surface area contributed by atoms with Crippen LogP contribution in [0.1, 0.15) is 51.7 Å². The molecule has 4 rings (SSSR count). The van der Waals surface area contributed by atoms with Crippen LogP contribution in [-0.2, 0) is 10.2 Å². The maximum absolute atomic E-state index is 12.8. The smallest absolute Gasteiger partial charge is 0.234 e. The summed E-state index contributed by atoms with van der Waals surface area (Å²) in [6.07, 6.45) is 0. The van der Waals surface area contributed by atoms with E-state index in [0.29, 0.717) is 11.1 Å². The number of para-hydroxylation sites is 2. The summed E-state index contributed by atoms with van der Waals surface area (Å²) in [6, 6.07) is 26.4. The summed E-state index contributed by atoms with van der Waals surface area (Å²) in [7, 11) is 0. The molecule has 0 saturated heterocycles. The SMILES string of the molecule is CC(C)c1ccccc1NC(=O)CSc1nnc(-c2ccc(C(C)(C)C)cc2)n1-c1ccccc1. The molecule has 3 aromatic carbocycles. The molecule has 0 spiro atoms. The Hall–Kier alpha value is -3.38. The van der Waals surface area contributed by atoms with E-state index >= 15 is 0 Å². The Labute approximate surface area is 212 Å². The predicted molar refractivity (Wildman–Crippen MR) is 145 cm³/mol. The average Bonchev–Trinajstić information content (AvgIpc) is 3.27. The Bertz CT molecular complexity index is 1290. The fraction of sp³-hybridized carbons (Fsp3) is 0.276. The van der Waals surface area contributed by atoms with Crippen molar-refractivity contribution < 1.29 is 4.79 Å². The summed E-state index contributed by atoms with van der Waals surface area (Å²) >= 11 is 1.38. The molecule has 0 atom stereocenters. The molecule has 35 heavy (non-hydrogen) atoms. The molecule has 1 aromatic heterocycles. The molecule has 180 valence electrons. The second-order valence-electron chi connectivity index (χ2n) is 9.88. The third-order valence-electron chi connectivity index (χ3n) is 5.85. The number of nitrogens with zero attached hydrogens (tertiary/aromatic N) is 3. The van der Waals surface area contributed by atoms with Gasteiger partial charge in [0.25, 0.3) is 0 Å². The molecule has 6 heteroatoms. The standard InChI is InChI=1S/C29H32N4OS/c1-20(2)24-13-9-10-14-25(24)30-26(34)19-35-28-32-31-27(33(28)23-11-7-6-8-12-23)21-15-17-22(18-16-21)29(3,4)5/h6-18,20H,19H2,1-5H3,(H,30,34). The van der Waals surface area contributed by atoms with Crippen LogP contribution in [0.2, 0.25) is 0 Å². The van der Waals surface area contributed by atoms with Crippen molar-refractivity contribution in [3.63, 3.8) is 0 Å². The van der Waals surface area contributed by atoms with Crippen molar-refractivity contribution >= 4 is 23.4 Å². The molecule has 1 amide bonds. The van der Waals surface area contributed by atoms with E-state index in [9.17, 15) is 4.79 Å². The molecule has 0 fully saturated rings. The van der Waals surface area contributed by atoms with Gasteiger partial charge in [0.1, 0.15) is 0 Å². The first-order valence-corrected chi connectivity index (χ1v) is 12.9. The van der Waals surface area contributed by atoms with Gasteiger partial charge < -0.3 is 5.32 Å². The lowest BCUT2D eigenvalue weighted by Crippen LogP contribution is -2.16. The highest BCUT2D eigenvalue weighted by molar-refractivity contribution is 7.99. The zero-order valence-electron chi connectivity index (χ0n) is 20.9. The number of carbonyl (C=O) groups is 1. The van der Waals surface area contributed by atoms with Crippen molar-refractivity contribution in [1.82, 2.24) is 14.8 Å². The quantitative estimate of drug-likeness (QED) is 0.285. The average molecular weight is 485 g/mol. The van der Waals surface area contributed by atoms with Gasteiger partial charge in [0.2, 0.25) is 5.91 Å². The molecule has 0 aliphatic heterocycles. The molecular formula is C29H32N4OS. The topological polar surface area (TPSA) is 59.8 Å². The fourth-order valence-corrected chi connectivity index (χ4v) is 4.66. The second-order valence-corrected chi connectivity index (χ2v) is 10.8. The lowest BCUT2D eigenvalue weighted by molar-refractivity contribution is -0.113. The molecule has 0 bridgehead atoms. The van der Waals surface area contributed by atoms with Crippen molar-refractivity contribution in [3.8, 4) is 17.1 Å². The summed E-state index contributed by atoms with van der Waals surface area (Å²) in [5, 5.41) is 12.7. The van der Waals surface area contributed by atoms with E-state index in [4.69, 9.17) is 0 Å². The summed E-state index contributed by atoms with van der Waals surface area (Å²) in [5.41, 5.74) is 5.27. The Balaban J connectivity index is 1.59. The van der Waals surface area contributed by atoms with Gasteiger partial charge in [-0.05, 0) is 40.7 Å². The van der Waals surface area contributed by atoms with Gasteiger partial charge >= 0.3 is 0 Å². The molecule has 1 heterocycles. The summed E-state index contributed by atoms with van der Waals surface area (Å²) in [5.74, 6) is 1.25. The minimum Gasteiger partial charge on any atom is -0.325 e. The van der Waals surface area contributed by atoms with Crippen molar-refractivity contribution in [1.29, 1.82) is 0 Å². The second kappa shape index (κ2) is 10.5. The van der Waals surface area contributed by atoms with Crippen LogP contribution in [0.3, 0.4) is 0 Å². The molecule has 0 aliphatic carbocycles. The van der Waals surface area contributed by atoms with Crippen molar-refractivity contribution in [3.05, 3.63) is 90.0 Å². The fourth-order valence-electron chi connectivity index (χ4n) is 3.91. The van der Waals surface area contributed by atoms with Gasteiger partial charge in [-0.15, -0.1) is 10.2 Å². The van der Waals surface area contributed by atoms with Gasteiger partial charge in [-0.2, -0.15) is 0 Å². The van der Waals surface area contributed by atoms with Gasteiger partial charge in [0.05, 0.1) is 5.75 Å². The van der Waals surface area contributed by atoms with E-state index in [1.165, 1.54) is 17.3 Å². The Kier molecular flexibility index (Phi) is 7.41. The Morgan fingerprint density at radius 2 is 1.57 bits per heavy atom. The predicted octanol–water partition coefficient (Wildman–Crippen LogP) is 7.09. The van der Waals surface area contributed by atoms with Crippen LogP contribution >= 0.6 is 11.8 Å². The summed E-state index contributed by atoms with van der Waals surface area (Å²) in [6.45, 7) is 10.9. The van der Waals surface area contributed by atoms with Crippen LogP contribution in [0.25, 0.3) is 17.1 Å². The molecule has 0 radical (unpaired) electrons. The Morgan fingerprint density at radius 3 is 2.23 bits per heavy atom. The Morgan fingerprint density at radius 1 is 0.914 bits per heavy atom. The number of benzene rings is 3. The van der Waals surface area contributed by atoms with E-state index in [-0.39, 0.29) is 17.1 Å². The van der Waals surface area contributed by atoms with E-state index in [2.05, 4.69) is 80.5 Å². The molecular weight excluding hydrogens is 452 g/mol. The maximum Gasteiger partial charge on any atom is 0.234 e. The largest absolute Gasteiger partial charge is 0.325 e. The molecule has 1 N–H and O–H groups in total. The summed E-state index contributed by atoms with van der Waals surface area (Å²) in [4.78, 5) is 12.8. The molecule has 4 aromatic rings. The first-order valence-electron chi connectivity index (χ1n) is 11.9. The van der Waals surface area contributed by atoms with Crippen molar-refractivity contribution in [2.45, 2.75) is 51.1 Å². The number of aromatic nitrogens is 3. The zero-order chi connectivity index (χ0) is 25.0. The highest BCUT2D eigenvalue weighted by Crippen LogP contribution is 2.30. The number of nitrogens with one attached hydrogen (secondary N) is 1. The van der Waals surface area contributed by atoms with Gasteiger partial charge in [-0.25, -0.2) is 0 Å². The van der Waals surface area contributed by atoms with Crippen LogP contribution < -0.4 is 5.32 Å². The molecule has 0 aliphatic rings. The third kappa shape index (κ3) is 5.82. The number of hydrogen-bond acceptors (Lipinski definition) is 4. The molecule has 0 unspecified atom stereocenters. The van der Waals surface area contributed by atoms with Crippen molar-refractivity contribution in [2.24, 2.45) is 0 Å². The van der Waals surface area contributed by atoms with Crippen LogP contribution in [0.15, 0.2) is 84.0 Å². The van der Waals surface area contributed by atoms with Crippen LogP contribution in [-0.4, -0.2) is 26.4 Å². The van der Waals surface area contributed by atoms with Gasteiger partial charge in [0, 0.05) is 16.9 Å². The highest BCUT2D eigenvalue weighted by Gasteiger charge is 2.19. The zero-order valence-corrected chi connectivity index (χ0v) is 21.8. The first-order chi connectivity index (χ1) is 16.7. The third-order valence-corrected chi connectivity index (χ3v) is 6.78. The lowest BCUT2D eigenvalue weighted by Gasteiger charge is -2.19. The molecule has 5 nitrogen and oxygen atoms in total. The highest BCUT2D eigenvalue weighted by atomic mass is 32.2. The van der Waals surface area contributed by atoms with Crippen molar-refractivity contribution in [2.75, 3.05) is 11.1 Å². The van der Waals surface area contributed by atoms with Gasteiger partial charge in [0.15, 0.2) is 11.0 Å². The minimum atomic E-state index is -0.0678. The number of thioether (sulfide) groups is 1. The van der Waals surface area contributed by atoms with E-state index in [0.717, 1.165) is 28.3 Å². The van der Waals surface area contributed by atoms with Crippen LogP contribution in [0.4, 0.5) is 5.69 Å². The first kappa shape index (κ1) is 24.7. The number of rotatable bonds is 7. The van der Waals surface area contributed by atoms with Crippen LogP contribution in [0, 0.1) is 0 Å². The monoisotopic (exact) mass is 484 g/mol. The lowest BCUT2D eigenvalue weighted by atomic mass is 9.87. The van der Waals surface area contributed by atoms with E-state index < -0.39 is 0 Å². The number of amides is 1. The van der Waals surface area contributed by atoms with E-state index in [1.807, 2.05) is 53.1 Å². The van der Waals surface area contributed by atoms with Crippen LogP contribution in [0.5, 0.6) is 0 Å². The number of hydrogen-bond donors (Lipinski definition) is 1. The maximum atomic E-state index is 12.8. The minimum absolute atomic E-state index is 0.0678. The number of carbonyl (C=O) groups excluding carboxylic acids is 1. The van der Waals surface area contributed by atoms with Gasteiger partial charge in [-0.3, -0.25) is 9.36 Å². The normalized spacial score (nSPS) is 11.6. The number of anilines is 1.